The highest BCUT2D eigenvalue weighted by Gasteiger charge is 2.24. The highest BCUT2D eigenvalue weighted by Crippen LogP contribution is 2.19. The van der Waals surface area contributed by atoms with E-state index >= 15 is 0 Å². The van der Waals surface area contributed by atoms with Gasteiger partial charge in [0, 0.05) is 13.1 Å². The van der Waals surface area contributed by atoms with E-state index in [0.717, 1.165) is 50.9 Å². The normalized spacial score (nSPS) is 15.5. The van der Waals surface area contributed by atoms with Gasteiger partial charge in [-0.1, -0.05) is 63.4 Å². The highest BCUT2D eigenvalue weighted by molar-refractivity contribution is 7.89. The number of hydrogen-bond donors (Lipinski definition) is 3. The summed E-state index contributed by atoms with van der Waals surface area (Å²) >= 11 is 0. The van der Waals surface area contributed by atoms with Crippen molar-refractivity contribution in [2.75, 3.05) is 32.4 Å². The molecule has 10 nitrogen and oxygen atoms in total. The van der Waals surface area contributed by atoms with Crippen molar-refractivity contribution >= 4 is 16.1 Å². The van der Waals surface area contributed by atoms with Crippen LogP contribution in [0.15, 0.2) is 30.3 Å². The predicted molar refractivity (Wildman–Crippen MR) is 150 cm³/mol. The van der Waals surface area contributed by atoms with Gasteiger partial charge in [-0.05, 0) is 57.3 Å². The van der Waals surface area contributed by atoms with Crippen LogP contribution in [0.4, 0.5) is 4.79 Å². The molecule has 1 aliphatic carbocycles. The minimum absolute atomic E-state index is 0.0520. The first-order valence-corrected chi connectivity index (χ1v) is 15.6. The number of benzene rings is 1. The second kappa shape index (κ2) is 15.2. The van der Waals surface area contributed by atoms with Gasteiger partial charge >= 0.3 is 6.03 Å². The minimum Gasteiger partial charge on any atom is -0.335 e. The van der Waals surface area contributed by atoms with E-state index in [4.69, 9.17) is 0 Å². The third kappa shape index (κ3) is 9.99. The van der Waals surface area contributed by atoms with Crippen molar-refractivity contribution in [3.63, 3.8) is 0 Å². The molecule has 0 aliphatic heterocycles. The van der Waals surface area contributed by atoms with E-state index in [1.807, 2.05) is 30.3 Å². The van der Waals surface area contributed by atoms with Crippen molar-refractivity contribution in [2.24, 2.45) is 0 Å². The lowest BCUT2D eigenvalue weighted by Crippen LogP contribution is -2.43. The van der Waals surface area contributed by atoms with Crippen molar-refractivity contribution in [1.82, 2.24) is 35.0 Å². The molecule has 0 bridgehead atoms. The van der Waals surface area contributed by atoms with Gasteiger partial charge in [0.25, 0.3) is 0 Å². The number of amides is 2. The minimum atomic E-state index is -3.53. The topological polar surface area (TPSA) is 123 Å². The summed E-state index contributed by atoms with van der Waals surface area (Å²) in [4.78, 5) is 21.0. The Morgan fingerprint density at radius 3 is 2.53 bits per heavy atom. The maximum atomic E-state index is 13.0. The van der Waals surface area contributed by atoms with Crippen LogP contribution < -0.4 is 10.0 Å². The Morgan fingerprint density at radius 2 is 1.84 bits per heavy atom. The Hall–Kier alpha value is -2.50. The Bertz CT molecular complexity index is 1070. The second-order valence-electron chi connectivity index (χ2n) is 10.2. The number of hydrogen-bond acceptors (Lipinski definition) is 6. The number of aromatic nitrogens is 3. The molecule has 212 valence electrons. The van der Waals surface area contributed by atoms with Gasteiger partial charge in [0.2, 0.25) is 10.0 Å². The molecule has 38 heavy (non-hydrogen) atoms. The van der Waals surface area contributed by atoms with Gasteiger partial charge in [0.15, 0.2) is 5.82 Å². The van der Waals surface area contributed by atoms with E-state index in [1.54, 1.807) is 11.9 Å². The van der Waals surface area contributed by atoms with Crippen LogP contribution >= 0.6 is 0 Å². The summed E-state index contributed by atoms with van der Waals surface area (Å²) in [5.41, 5.74) is 1.12. The summed E-state index contributed by atoms with van der Waals surface area (Å²) in [5.74, 6) is 0.965. The summed E-state index contributed by atoms with van der Waals surface area (Å²) in [6, 6.07) is 9.51. The fraction of sp³-hybridized carbons (Fsp3) is 0.667. The van der Waals surface area contributed by atoms with Gasteiger partial charge in [0.1, 0.15) is 5.82 Å². The molecule has 0 spiro atoms. The third-order valence-electron chi connectivity index (χ3n) is 7.21. The van der Waals surface area contributed by atoms with Crippen LogP contribution in [0.25, 0.3) is 0 Å². The van der Waals surface area contributed by atoms with Crippen molar-refractivity contribution < 1.29 is 13.2 Å². The molecular formula is C27H45N7O3S. The molecule has 1 aromatic heterocycles. The van der Waals surface area contributed by atoms with Crippen LogP contribution in [0.5, 0.6) is 0 Å². The lowest BCUT2D eigenvalue weighted by atomic mass is 9.96. The highest BCUT2D eigenvalue weighted by atomic mass is 32.2. The Balaban J connectivity index is 1.63. The lowest BCUT2D eigenvalue weighted by Gasteiger charge is -2.25. The van der Waals surface area contributed by atoms with Crippen LogP contribution in [0.2, 0.25) is 0 Å². The standard InChI is InChI=1S/C27H45N7O3S/c1-4-34(5-2)19-12-20-38(36,37)32-24(18-17-22-13-8-6-9-14-22)26-29-25(30-31-26)21-33(3)27(35)28-23-15-10-7-11-16-23/h6,8-9,13-14,23-24,32H,4-5,7,10-12,15-21H2,1-3H3,(H,28,35)(H,29,30,31)/t24-/m1/s1. The van der Waals surface area contributed by atoms with E-state index in [1.165, 1.54) is 6.42 Å². The maximum absolute atomic E-state index is 13.0. The molecule has 2 aromatic rings. The van der Waals surface area contributed by atoms with Gasteiger partial charge < -0.3 is 15.1 Å². The predicted octanol–water partition coefficient (Wildman–Crippen LogP) is 3.60. The first-order valence-electron chi connectivity index (χ1n) is 14.0. The number of sulfonamides is 1. The third-order valence-corrected chi connectivity index (χ3v) is 8.68. The van der Waals surface area contributed by atoms with Crippen LogP contribution in [0.1, 0.15) is 82.0 Å². The number of nitrogens with zero attached hydrogens (tertiary/aromatic N) is 4. The van der Waals surface area contributed by atoms with Crippen molar-refractivity contribution in [1.29, 1.82) is 0 Å². The molecule has 1 atom stereocenters. The average molecular weight is 548 g/mol. The van der Waals surface area contributed by atoms with Crippen LogP contribution in [0, 0.1) is 0 Å². The molecule has 1 saturated carbocycles. The first-order chi connectivity index (χ1) is 18.3. The van der Waals surface area contributed by atoms with Gasteiger partial charge in [-0.3, -0.25) is 5.10 Å². The van der Waals surface area contributed by atoms with Gasteiger partial charge in [-0.15, -0.1) is 0 Å². The maximum Gasteiger partial charge on any atom is 0.317 e. The summed E-state index contributed by atoms with van der Waals surface area (Å²) < 4.78 is 28.8. The molecule has 3 N–H and O–H groups in total. The SMILES string of the molecule is CCN(CC)CCCS(=O)(=O)N[C@H](CCc1ccccc1)c1nc(CN(C)C(=O)NC2CCCCC2)n[nH]1. The Kier molecular flexibility index (Phi) is 12.0. The number of carbonyl (C=O) groups excluding carboxylic acids is 1. The monoisotopic (exact) mass is 547 g/mol. The van der Waals surface area contributed by atoms with Crippen LogP contribution in [0.3, 0.4) is 0 Å². The van der Waals surface area contributed by atoms with Gasteiger partial charge in [-0.2, -0.15) is 5.10 Å². The molecule has 1 heterocycles. The van der Waals surface area contributed by atoms with Gasteiger partial charge in [0.05, 0.1) is 18.3 Å². The molecule has 0 saturated heterocycles. The van der Waals surface area contributed by atoms with E-state index in [9.17, 15) is 13.2 Å². The van der Waals surface area contributed by atoms with Crippen LogP contribution in [-0.2, 0) is 23.0 Å². The molecule has 1 fully saturated rings. The summed E-state index contributed by atoms with van der Waals surface area (Å²) in [6.07, 6.45) is 7.34. The Labute approximate surface area is 228 Å². The zero-order chi connectivity index (χ0) is 27.4. The lowest BCUT2D eigenvalue weighted by molar-refractivity contribution is 0.197. The van der Waals surface area contributed by atoms with Gasteiger partial charge in [-0.25, -0.2) is 22.9 Å². The zero-order valence-electron chi connectivity index (χ0n) is 23.2. The molecule has 1 aliphatic rings. The van der Waals surface area contributed by atoms with Crippen molar-refractivity contribution in [2.45, 2.75) is 83.8 Å². The number of rotatable bonds is 15. The fourth-order valence-corrected chi connectivity index (χ4v) is 6.14. The molecule has 3 rings (SSSR count). The van der Waals surface area contributed by atoms with E-state index in [2.05, 4.69) is 44.0 Å². The van der Waals surface area contributed by atoms with E-state index in [0.29, 0.717) is 30.9 Å². The quantitative estimate of drug-likeness (QED) is 0.313. The summed E-state index contributed by atoms with van der Waals surface area (Å²) in [7, 11) is -1.81. The molecular weight excluding hydrogens is 502 g/mol. The second-order valence-corrected chi connectivity index (χ2v) is 12.0. The van der Waals surface area contributed by atoms with Crippen LogP contribution in [-0.4, -0.2) is 77.9 Å². The molecule has 1 aromatic carbocycles. The molecule has 0 radical (unpaired) electrons. The number of aromatic amines is 1. The number of H-pyrrole nitrogens is 1. The fourth-order valence-electron chi connectivity index (χ4n) is 4.85. The summed E-state index contributed by atoms with van der Waals surface area (Å²) in [5, 5.41) is 10.3. The van der Waals surface area contributed by atoms with E-state index < -0.39 is 16.1 Å². The largest absolute Gasteiger partial charge is 0.335 e. The molecule has 11 heteroatoms. The number of nitrogens with one attached hydrogen (secondary N) is 3. The molecule has 0 unspecified atom stereocenters. The smallest absolute Gasteiger partial charge is 0.317 e. The van der Waals surface area contributed by atoms with Crippen molar-refractivity contribution in [3.05, 3.63) is 47.5 Å². The average Bonchev–Trinajstić information content (AvgIpc) is 3.38. The number of aryl methyl sites for hydroxylation is 1. The first kappa shape index (κ1) is 30.0. The Morgan fingerprint density at radius 1 is 1.13 bits per heavy atom. The van der Waals surface area contributed by atoms with Crippen molar-refractivity contribution in [3.8, 4) is 0 Å². The zero-order valence-corrected chi connectivity index (χ0v) is 24.0. The number of urea groups is 1. The van der Waals surface area contributed by atoms with E-state index in [-0.39, 0.29) is 24.4 Å². The summed E-state index contributed by atoms with van der Waals surface area (Å²) in [6.45, 7) is 6.93. The number of carbonyl (C=O) groups is 1. The molecule has 2 amide bonds.